The van der Waals surface area contributed by atoms with Crippen molar-refractivity contribution in [1.82, 2.24) is 0 Å². The molecule has 1 heterocycles. The number of para-hydroxylation sites is 1. The maximum absolute atomic E-state index is 12.6. The van der Waals surface area contributed by atoms with Gasteiger partial charge in [0.15, 0.2) is 17.3 Å². The van der Waals surface area contributed by atoms with Crippen molar-refractivity contribution in [3.05, 3.63) is 47.5 Å². The number of unbranched alkanes of at least 4 members (excludes halogenated alkanes) is 1. The van der Waals surface area contributed by atoms with E-state index in [1.54, 1.807) is 0 Å². The summed E-state index contributed by atoms with van der Waals surface area (Å²) < 4.78 is 34.6. The van der Waals surface area contributed by atoms with E-state index in [1.807, 2.05) is 18.2 Å². The number of hydrogen-bond donors (Lipinski definition) is 2. The highest BCUT2D eigenvalue weighted by Gasteiger charge is 2.25. The number of halogens is 1. The Bertz CT molecular complexity index is 995. The summed E-state index contributed by atoms with van der Waals surface area (Å²) in [6.45, 7) is 3.40. The molecule has 1 aliphatic heterocycles. The molecule has 0 aromatic heterocycles. The highest BCUT2D eigenvalue weighted by atomic mass is 35.5. The summed E-state index contributed by atoms with van der Waals surface area (Å²) in [4.78, 5) is 12.4. The molecule has 0 bridgehead atoms. The van der Waals surface area contributed by atoms with Crippen LogP contribution in [0, 0.1) is 0 Å². The van der Waals surface area contributed by atoms with E-state index in [-0.39, 0.29) is 46.8 Å². The molecule has 0 spiro atoms. The van der Waals surface area contributed by atoms with E-state index in [0.29, 0.717) is 19.4 Å². The first-order valence-corrected chi connectivity index (χ1v) is 11.3. The number of fused-ring (bicyclic) bond motifs is 1. The maximum Gasteiger partial charge on any atom is 0.241 e. The van der Waals surface area contributed by atoms with E-state index in [0.717, 1.165) is 25.1 Å². The number of ketones is 1. The van der Waals surface area contributed by atoms with Crippen molar-refractivity contribution in [1.29, 1.82) is 0 Å². The summed E-state index contributed by atoms with van der Waals surface area (Å²) in [5, 5.41) is 8.69. The zero-order valence-electron chi connectivity index (χ0n) is 16.8. The van der Waals surface area contributed by atoms with E-state index >= 15 is 0 Å². The van der Waals surface area contributed by atoms with Gasteiger partial charge in [-0.3, -0.25) is 4.79 Å². The molecule has 1 aliphatic rings. The van der Waals surface area contributed by atoms with Gasteiger partial charge in [-0.25, -0.2) is 13.6 Å². The molecule has 3 rings (SSSR count). The Morgan fingerprint density at radius 1 is 1.13 bits per heavy atom. The Balaban J connectivity index is 0.00000320. The predicted molar refractivity (Wildman–Crippen MR) is 119 cm³/mol. The highest BCUT2D eigenvalue weighted by molar-refractivity contribution is 7.89. The molecule has 0 radical (unpaired) electrons. The van der Waals surface area contributed by atoms with Crippen LogP contribution in [0.25, 0.3) is 0 Å². The van der Waals surface area contributed by atoms with Crippen LogP contribution in [0.2, 0.25) is 0 Å². The molecule has 0 saturated heterocycles. The third-order valence-corrected chi connectivity index (χ3v) is 5.70. The molecular weight excluding hydrogens is 428 g/mol. The number of nitrogens with one attached hydrogen (secondary N) is 1. The Morgan fingerprint density at radius 3 is 2.60 bits per heavy atom. The van der Waals surface area contributed by atoms with Crippen molar-refractivity contribution < 1.29 is 22.7 Å². The molecule has 164 valence electrons. The number of carbonyl (C=O) groups is 1. The van der Waals surface area contributed by atoms with Gasteiger partial charge >= 0.3 is 0 Å². The number of rotatable bonds is 9. The first-order valence-electron chi connectivity index (χ1n) is 9.71. The number of primary sulfonamides is 1. The zero-order valence-corrected chi connectivity index (χ0v) is 18.5. The molecule has 9 heteroatoms. The van der Waals surface area contributed by atoms with Crippen molar-refractivity contribution >= 4 is 33.9 Å². The van der Waals surface area contributed by atoms with Gasteiger partial charge in [0.1, 0.15) is 18.1 Å². The molecule has 2 aromatic rings. The molecule has 0 atom stereocenters. The van der Waals surface area contributed by atoms with E-state index < -0.39 is 10.0 Å². The van der Waals surface area contributed by atoms with Crippen LogP contribution >= 0.6 is 12.4 Å². The van der Waals surface area contributed by atoms with Gasteiger partial charge in [0.25, 0.3) is 0 Å². The van der Waals surface area contributed by atoms with Crippen molar-refractivity contribution in [2.75, 3.05) is 25.1 Å². The van der Waals surface area contributed by atoms with E-state index in [1.165, 1.54) is 17.7 Å². The van der Waals surface area contributed by atoms with Crippen molar-refractivity contribution in [2.45, 2.75) is 37.5 Å². The van der Waals surface area contributed by atoms with Crippen LogP contribution in [-0.4, -0.2) is 34.0 Å². The van der Waals surface area contributed by atoms with Gasteiger partial charge in [-0.1, -0.05) is 25.1 Å². The third kappa shape index (κ3) is 5.87. The highest BCUT2D eigenvalue weighted by Crippen LogP contribution is 2.37. The SMILES string of the molecule is CCc1ccccc1NCCCCC(=O)c1cc2c(c(S(N)(=O)=O)c1)OCCO2.Cl. The van der Waals surface area contributed by atoms with Crippen molar-refractivity contribution in [3.63, 3.8) is 0 Å². The van der Waals surface area contributed by atoms with Crippen LogP contribution in [0.1, 0.15) is 42.1 Å². The first-order chi connectivity index (χ1) is 13.9. The monoisotopic (exact) mass is 454 g/mol. The lowest BCUT2D eigenvalue weighted by molar-refractivity contribution is 0.0978. The number of aryl methyl sites for hydroxylation is 1. The molecule has 0 saturated carbocycles. The van der Waals surface area contributed by atoms with Crippen LogP contribution in [0.15, 0.2) is 41.3 Å². The largest absolute Gasteiger partial charge is 0.486 e. The summed E-state index contributed by atoms with van der Waals surface area (Å²) in [6.07, 6.45) is 2.76. The summed E-state index contributed by atoms with van der Waals surface area (Å²) in [5.41, 5.74) is 2.64. The molecule has 0 fully saturated rings. The van der Waals surface area contributed by atoms with Crippen LogP contribution < -0.4 is 19.9 Å². The van der Waals surface area contributed by atoms with Gasteiger partial charge in [0, 0.05) is 24.2 Å². The second-order valence-electron chi connectivity index (χ2n) is 6.86. The number of nitrogens with two attached hydrogens (primary N) is 1. The fourth-order valence-corrected chi connectivity index (χ4v) is 3.98. The molecule has 2 aromatic carbocycles. The van der Waals surface area contributed by atoms with E-state index in [2.05, 4.69) is 18.3 Å². The average Bonchev–Trinajstić information content (AvgIpc) is 2.72. The van der Waals surface area contributed by atoms with E-state index in [4.69, 9.17) is 14.6 Å². The van der Waals surface area contributed by atoms with Crippen LogP contribution in [0.3, 0.4) is 0 Å². The molecular formula is C21H27ClN2O5S. The fourth-order valence-electron chi connectivity index (χ4n) is 3.27. The number of Topliss-reactive ketones (excluding diaryl/α,β-unsaturated/α-hetero) is 1. The number of anilines is 1. The number of hydrogen-bond acceptors (Lipinski definition) is 6. The summed E-state index contributed by atoms with van der Waals surface area (Å²) in [7, 11) is -4.03. The first kappa shape index (κ1) is 24.0. The van der Waals surface area contributed by atoms with Crippen molar-refractivity contribution in [2.24, 2.45) is 5.14 Å². The lowest BCUT2D eigenvalue weighted by Gasteiger charge is -2.21. The number of benzene rings is 2. The number of ether oxygens (including phenoxy) is 2. The third-order valence-electron chi connectivity index (χ3n) is 4.78. The minimum absolute atomic E-state index is 0. The van der Waals surface area contributed by atoms with Gasteiger partial charge in [-0.05, 0) is 43.0 Å². The second kappa shape index (κ2) is 10.7. The smallest absolute Gasteiger partial charge is 0.241 e. The van der Waals surface area contributed by atoms with Gasteiger partial charge in [-0.15, -0.1) is 12.4 Å². The molecule has 7 nitrogen and oxygen atoms in total. The van der Waals surface area contributed by atoms with Crippen LogP contribution in [-0.2, 0) is 16.4 Å². The standard InChI is InChI=1S/C21H26N2O5S.ClH/c1-2-15-7-3-4-8-17(15)23-10-6-5-9-18(24)16-13-19-21(28-12-11-27-19)20(14-16)29(22,25)26;/h3-4,7-8,13-14,23H,2,5-6,9-12H2,1H3,(H2,22,25,26);1H. The Kier molecular flexibility index (Phi) is 8.52. The molecule has 0 amide bonds. The lowest BCUT2D eigenvalue weighted by Crippen LogP contribution is -2.21. The quantitative estimate of drug-likeness (QED) is 0.443. The Morgan fingerprint density at radius 2 is 1.87 bits per heavy atom. The fraction of sp³-hybridized carbons (Fsp3) is 0.381. The summed E-state index contributed by atoms with van der Waals surface area (Å²) in [5.74, 6) is 0.166. The molecule has 30 heavy (non-hydrogen) atoms. The Hall–Kier alpha value is -2.29. The minimum Gasteiger partial charge on any atom is -0.486 e. The van der Waals surface area contributed by atoms with Gasteiger partial charge in [0.2, 0.25) is 10.0 Å². The van der Waals surface area contributed by atoms with Gasteiger partial charge in [0.05, 0.1) is 0 Å². The average molecular weight is 455 g/mol. The topological polar surface area (TPSA) is 108 Å². The number of sulfonamides is 1. The van der Waals surface area contributed by atoms with Crippen LogP contribution in [0.4, 0.5) is 5.69 Å². The molecule has 3 N–H and O–H groups in total. The van der Waals surface area contributed by atoms with E-state index in [9.17, 15) is 13.2 Å². The summed E-state index contributed by atoms with van der Waals surface area (Å²) >= 11 is 0. The second-order valence-corrected chi connectivity index (χ2v) is 8.39. The van der Waals surface area contributed by atoms with Gasteiger partial charge in [-0.2, -0.15) is 0 Å². The normalized spacial score (nSPS) is 12.7. The zero-order chi connectivity index (χ0) is 20.9. The molecule has 0 aliphatic carbocycles. The maximum atomic E-state index is 12.6. The number of carbonyl (C=O) groups excluding carboxylic acids is 1. The van der Waals surface area contributed by atoms with Gasteiger partial charge < -0.3 is 14.8 Å². The Labute approximate surface area is 183 Å². The van der Waals surface area contributed by atoms with Crippen LogP contribution in [0.5, 0.6) is 11.5 Å². The summed E-state index contributed by atoms with van der Waals surface area (Å²) in [6, 6.07) is 11.0. The minimum atomic E-state index is -4.03. The predicted octanol–water partition coefficient (Wildman–Crippen LogP) is 3.55. The lowest BCUT2D eigenvalue weighted by atomic mass is 10.0. The molecule has 0 unspecified atom stereocenters. The van der Waals surface area contributed by atoms with Crippen molar-refractivity contribution in [3.8, 4) is 11.5 Å².